The Bertz CT molecular complexity index is 764. The average Bonchev–Trinajstić information content (AvgIpc) is 2.90. The second kappa shape index (κ2) is 5.19. The molecule has 2 aromatic heterocycles. The van der Waals surface area contributed by atoms with Gasteiger partial charge in [0.05, 0.1) is 5.39 Å². The van der Waals surface area contributed by atoms with Crippen LogP contribution in [0, 0.1) is 13.8 Å². The van der Waals surface area contributed by atoms with Crippen LogP contribution in [0.15, 0.2) is 29.6 Å². The van der Waals surface area contributed by atoms with Crippen LogP contribution in [0.4, 0.5) is 5.82 Å². The molecule has 0 amide bonds. The van der Waals surface area contributed by atoms with Crippen molar-refractivity contribution in [1.82, 2.24) is 9.97 Å². The summed E-state index contributed by atoms with van der Waals surface area (Å²) in [5.74, 6) is 7.02. The van der Waals surface area contributed by atoms with Crippen LogP contribution in [0.1, 0.15) is 22.5 Å². The lowest BCUT2D eigenvalue weighted by Crippen LogP contribution is -2.11. The highest BCUT2D eigenvalue weighted by Gasteiger charge is 2.09. The van der Waals surface area contributed by atoms with Crippen molar-refractivity contribution in [1.29, 1.82) is 0 Å². The molecule has 0 fully saturated rings. The Kier molecular flexibility index (Phi) is 3.38. The predicted octanol–water partition coefficient (Wildman–Crippen LogP) is 3.18. The molecule has 0 aliphatic carbocycles. The van der Waals surface area contributed by atoms with Crippen molar-refractivity contribution in [2.45, 2.75) is 20.3 Å². The first kappa shape index (κ1) is 13.0. The number of aromatic nitrogens is 2. The lowest BCUT2D eigenvalue weighted by molar-refractivity contribution is 0.990. The van der Waals surface area contributed by atoms with E-state index in [1.54, 1.807) is 11.3 Å². The fourth-order valence-electron chi connectivity index (χ4n) is 2.18. The van der Waals surface area contributed by atoms with Crippen LogP contribution in [0.25, 0.3) is 10.2 Å². The van der Waals surface area contributed by atoms with E-state index in [1.165, 1.54) is 16.7 Å². The molecule has 0 saturated heterocycles. The van der Waals surface area contributed by atoms with E-state index in [0.717, 1.165) is 16.0 Å². The summed E-state index contributed by atoms with van der Waals surface area (Å²) in [7, 11) is 0. The van der Waals surface area contributed by atoms with E-state index in [4.69, 9.17) is 5.84 Å². The van der Waals surface area contributed by atoms with E-state index < -0.39 is 0 Å². The zero-order chi connectivity index (χ0) is 14.1. The fraction of sp³-hybridized carbons (Fsp3) is 0.200. The lowest BCUT2D eigenvalue weighted by atomic mass is 10.0. The van der Waals surface area contributed by atoms with Gasteiger partial charge in [0.25, 0.3) is 0 Å². The van der Waals surface area contributed by atoms with Gasteiger partial charge in [0.15, 0.2) is 5.82 Å². The van der Waals surface area contributed by atoms with E-state index in [0.29, 0.717) is 12.2 Å². The van der Waals surface area contributed by atoms with E-state index in [9.17, 15) is 0 Å². The number of hydrazine groups is 1. The molecule has 0 spiro atoms. The van der Waals surface area contributed by atoms with Crippen molar-refractivity contribution < 1.29 is 0 Å². The Morgan fingerprint density at radius 2 is 2.00 bits per heavy atom. The third kappa shape index (κ3) is 2.37. The summed E-state index contributed by atoms with van der Waals surface area (Å²) >= 11 is 1.60. The second-order valence-electron chi connectivity index (χ2n) is 4.87. The van der Waals surface area contributed by atoms with Gasteiger partial charge in [-0.05, 0) is 42.0 Å². The number of hydrogen-bond acceptors (Lipinski definition) is 5. The maximum Gasteiger partial charge on any atom is 0.152 e. The van der Waals surface area contributed by atoms with Crippen LogP contribution in [-0.2, 0) is 6.42 Å². The van der Waals surface area contributed by atoms with Gasteiger partial charge in [0.1, 0.15) is 10.7 Å². The molecule has 3 aromatic rings. The molecular formula is C15H16N4S. The maximum atomic E-state index is 5.55. The molecule has 0 aliphatic rings. The van der Waals surface area contributed by atoms with Crippen molar-refractivity contribution in [2.75, 3.05) is 5.43 Å². The number of benzene rings is 1. The summed E-state index contributed by atoms with van der Waals surface area (Å²) in [5.41, 5.74) is 6.46. The van der Waals surface area contributed by atoms with Gasteiger partial charge in [-0.15, -0.1) is 11.3 Å². The number of nitrogen functional groups attached to an aromatic ring is 1. The number of fused-ring (bicyclic) bond motifs is 1. The summed E-state index contributed by atoms with van der Waals surface area (Å²) in [4.78, 5) is 10.1. The van der Waals surface area contributed by atoms with Crippen molar-refractivity contribution in [2.24, 2.45) is 5.84 Å². The monoisotopic (exact) mass is 284 g/mol. The van der Waals surface area contributed by atoms with Gasteiger partial charge in [-0.2, -0.15) is 0 Å². The maximum absolute atomic E-state index is 5.55. The van der Waals surface area contributed by atoms with Gasteiger partial charge >= 0.3 is 0 Å². The molecular weight excluding hydrogens is 268 g/mol. The highest BCUT2D eigenvalue weighted by Crippen LogP contribution is 2.25. The van der Waals surface area contributed by atoms with Crippen LogP contribution in [0.5, 0.6) is 0 Å². The van der Waals surface area contributed by atoms with E-state index in [-0.39, 0.29) is 0 Å². The SMILES string of the molecule is Cc1ccc(Cc2nc(NN)c3ccsc3n2)cc1C. The van der Waals surface area contributed by atoms with Crippen LogP contribution >= 0.6 is 11.3 Å². The highest BCUT2D eigenvalue weighted by molar-refractivity contribution is 7.16. The predicted molar refractivity (Wildman–Crippen MR) is 83.9 cm³/mol. The van der Waals surface area contributed by atoms with E-state index in [1.807, 2.05) is 11.4 Å². The number of thiophene rings is 1. The van der Waals surface area contributed by atoms with Crippen LogP contribution in [-0.4, -0.2) is 9.97 Å². The molecule has 5 heteroatoms. The quantitative estimate of drug-likeness (QED) is 0.573. The van der Waals surface area contributed by atoms with Gasteiger partial charge in [-0.25, -0.2) is 15.8 Å². The molecule has 0 unspecified atom stereocenters. The smallest absolute Gasteiger partial charge is 0.152 e. The molecule has 20 heavy (non-hydrogen) atoms. The first-order valence-electron chi connectivity index (χ1n) is 6.44. The van der Waals surface area contributed by atoms with Gasteiger partial charge in [0.2, 0.25) is 0 Å². The minimum Gasteiger partial charge on any atom is -0.308 e. The average molecular weight is 284 g/mol. The number of nitrogens with two attached hydrogens (primary N) is 1. The number of rotatable bonds is 3. The number of nitrogens with zero attached hydrogens (tertiary/aromatic N) is 2. The largest absolute Gasteiger partial charge is 0.308 e. The summed E-state index contributed by atoms with van der Waals surface area (Å²) < 4.78 is 0. The Morgan fingerprint density at radius 1 is 1.15 bits per heavy atom. The third-order valence-electron chi connectivity index (χ3n) is 3.44. The molecule has 0 radical (unpaired) electrons. The second-order valence-corrected chi connectivity index (χ2v) is 5.76. The van der Waals surface area contributed by atoms with Crippen LogP contribution in [0.3, 0.4) is 0 Å². The molecule has 2 heterocycles. The standard InChI is InChI=1S/C15H16N4S/c1-9-3-4-11(7-10(9)2)8-13-17-14(19-16)12-5-6-20-15(12)18-13/h3-7H,8,16H2,1-2H3,(H,17,18,19). The Labute approximate surface area is 121 Å². The van der Waals surface area contributed by atoms with Gasteiger partial charge < -0.3 is 5.43 Å². The first-order chi connectivity index (χ1) is 9.67. The van der Waals surface area contributed by atoms with Crippen molar-refractivity contribution >= 4 is 27.4 Å². The molecule has 1 aromatic carbocycles. The van der Waals surface area contributed by atoms with Gasteiger partial charge in [-0.3, -0.25) is 0 Å². The summed E-state index contributed by atoms with van der Waals surface area (Å²) in [6.45, 7) is 4.23. The zero-order valence-corrected chi connectivity index (χ0v) is 12.3. The van der Waals surface area contributed by atoms with Gasteiger partial charge in [0, 0.05) is 6.42 Å². The Balaban J connectivity index is 1.99. The fourth-order valence-corrected chi connectivity index (χ4v) is 2.97. The lowest BCUT2D eigenvalue weighted by Gasteiger charge is -2.07. The molecule has 3 N–H and O–H groups in total. The van der Waals surface area contributed by atoms with E-state index >= 15 is 0 Å². The summed E-state index contributed by atoms with van der Waals surface area (Å²) in [6.07, 6.45) is 0.712. The third-order valence-corrected chi connectivity index (χ3v) is 4.25. The topological polar surface area (TPSA) is 63.8 Å². The molecule has 4 nitrogen and oxygen atoms in total. The zero-order valence-electron chi connectivity index (χ0n) is 11.5. The first-order valence-corrected chi connectivity index (χ1v) is 7.32. The Morgan fingerprint density at radius 3 is 2.75 bits per heavy atom. The summed E-state index contributed by atoms with van der Waals surface area (Å²) in [5, 5.41) is 2.97. The molecule has 0 aliphatic heterocycles. The number of anilines is 1. The molecule has 102 valence electrons. The van der Waals surface area contributed by atoms with E-state index in [2.05, 4.69) is 47.4 Å². The number of nitrogens with one attached hydrogen (secondary N) is 1. The molecule has 0 bridgehead atoms. The number of aryl methyl sites for hydroxylation is 2. The van der Waals surface area contributed by atoms with Crippen molar-refractivity contribution in [3.63, 3.8) is 0 Å². The highest BCUT2D eigenvalue weighted by atomic mass is 32.1. The number of hydrogen-bond donors (Lipinski definition) is 2. The van der Waals surface area contributed by atoms with Crippen LogP contribution in [0.2, 0.25) is 0 Å². The molecule has 3 rings (SSSR count). The Hall–Kier alpha value is -1.98. The van der Waals surface area contributed by atoms with Crippen molar-refractivity contribution in [3.05, 3.63) is 52.2 Å². The van der Waals surface area contributed by atoms with Crippen LogP contribution < -0.4 is 11.3 Å². The van der Waals surface area contributed by atoms with Gasteiger partial charge in [-0.1, -0.05) is 18.2 Å². The normalized spacial score (nSPS) is 10.9. The molecule has 0 atom stereocenters. The molecule has 0 saturated carbocycles. The summed E-state index contributed by atoms with van der Waals surface area (Å²) in [6, 6.07) is 8.43. The van der Waals surface area contributed by atoms with Crippen molar-refractivity contribution in [3.8, 4) is 0 Å². The minimum atomic E-state index is 0.690. The minimum absolute atomic E-state index is 0.690.